The molecule has 0 aromatic heterocycles. The summed E-state index contributed by atoms with van der Waals surface area (Å²) < 4.78 is 18.6. The number of hydrogen-bond donors (Lipinski definition) is 1. The highest BCUT2D eigenvalue weighted by Gasteiger charge is 2.36. The van der Waals surface area contributed by atoms with E-state index < -0.39 is 22.8 Å². The molecule has 0 saturated carbocycles. The molecule has 0 radical (unpaired) electrons. The van der Waals surface area contributed by atoms with Crippen LogP contribution in [0.15, 0.2) is 18.2 Å². The van der Waals surface area contributed by atoms with Gasteiger partial charge in [0.15, 0.2) is 0 Å². The third kappa shape index (κ3) is 3.22. The summed E-state index contributed by atoms with van der Waals surface area (Å²) in [6.45, 7) is 8.71. The molecule has 0 aliphatic carbocycles. The Morgan fingerprint density at radius 2 is 1.78 bits per heavy atom. The first-order valence-corrected chi connectivity index (χ1v) is 5.83. The summed E-state index contributed by atoms with van der Waals surface area (Å²) in [5.74, 6) is -0.844. The number of benzene rings is 1. The molecule has 1 rings (SSSR count). The molecule has 0 atom stereocenters. The monoisotopic (exact) mass is 253 g/mol. The molecule has 0 fully saturated rings. The fraction of sp³-hybridized carbons (Fsp3) is 0.500. The van der Waals surface area contributed by atoms with Crippen molar-refractivity contribution in [1.29, 1.82) is 0 Å². The van der Waals surface area contributed by atoms with Crippen LogP contribution in [0.3, 0.4) is 0 Å². The lowest BCUT2D eigenvalue weighted by Gasteiger charge is -2.29. The topological polar surface area (TPSA) is 52.3 Å². The molecule has 0 aliphatic rings. The quantitative estimate of drug-likeness (QED) is 0.651. The van der Waals surface area contributed by atoms with Crippen LogP contribution < -0.4 is 5.73 Å². The number of carbonyl (C=O) groups excluding carboxylic acids is 1. The van der Waals surface area contributed by atoms with E-state index in [1.54, 1.807) is 34.6 Å². The molecule has 1 aromatic carbocycles. The summed E-state index contributed by atoms with van der Waals surface area (Å²) in [6.07, 6.45) is 0. The van der Waals surface area contributed by atoms with Gasteiger partial charge in [0.1, 0.15) is 11.4 Å². The van der Waals surface area contributed by atoms with Gasteiger partial charge in [0.05, 0.1) is 5.41 Å². The van der Waals surface area contributed by atoms with Gasteiger partial charge in [-0.2, -0.15) is 0 Å². The average Bonchev–Trinajstić information content (AvgIpc) is 2.19. The van der Waals surface area contributed by atoms with Crippen LogP contribution in [-0.2, 0) is 14.9 Å². The maximum Gasteiger partial charge on any atom is 0.316 e. The van der Waals surface area contributed by atoms with Gasteiger partial charge in [0, 0.05) is 5.69 Å². The van der Waals surface area contributed by atoms with Gasteiger partial charge in [-0.05, 0) is 58.4 Å². The lowest BCUT2D eigenvalue weighted by atomic mass is 9.83. The number of anilines is 1. The molecule has 0 saturated heterocycles. The predicted octanol–water partition coefficient (Wildman–Crippen LogP) is 3.03. The zero-order valence-corrected chi connectivity index (χ0v) is 11.5. The molecule has 1 aromatic rings. The Bertz CT molecular complexity index is 461. The van der Waals surface area contributed by atoms with Gasteiger partial charge in [0.2, 0.25) is 0 Å². The van der Waals surface area contributed by atoms with Crippen molar-refractivity contribution in [1.82, 2.24) is 0 Å². The maximum absolute atomic E-state index is 13.3. The number of rotatable bonds is 2. The van der Waals surface area contributed by atoms with Gasteiger partial charge in [-0.1, -0.05) is 0 Å². The number of hydrogen-bond acceptors (Lipinski definition) is 3. The maximum atomic E-state index is 13.3. The standard InChI is InChI=1S/C14H20FNO2/c1-13(2,3)18-12(17)14(4,5)10-8-9(15)6-7-11(10)16/h6-8H,16H2,1-5H3. The molecule has 0 spiro atoms. The smallest absolute Gasteiger partial charge is 0.316 e. The minimum atomic E-state index is -0.987. The van der Waals surface area contributed by atoms with E-state index in [9.17, 15) is 9.18 Å². The van der Waals surface area contributed by atoms with Gasteiger partial charge in [-0.25, -0.2) is 4.39 Å². The summed E-state index contributed by atoms with van der Waals surface area (Å²) in [5, 5.41) is 0. The Hall–Kier alpha value is -1.58. The largest absolute Gasteiger partial charge is 0.459 e. The van der Waals surface area contributed by atoms with Crippen molar-refractivity contribution >= 4 is 11.7 Å². The van der Waals surface area contributed by atoms with E-state index in [-0.39, 0.29) is 0 Å². The highest BCUT2D eigenvalue weighted by molar-refractivity contribution is 5.84. The summed E-state index contributed by atoms with van der Waals surface area (Å²) in [7, 11) is 0. The van der Waals surface area contributed by atoms with Crippen molar-refractivity contribution < 1.29 is 13.9 Å². The highest BCUT2D eigenvalue weighted by Crippen LogP contribution is 2.31. The molecule has 0 amide bonds. The summed E-state index contributed by atoms with van der Waals surface area (Å²) in [4.78, 5) is 12.1. The van der Waals surface area contributed by atoms with E-state index in [0.29, 0.717) is 11.3 Å². The summed E-state index contributed by atoms with van der Waals surface area (Å²) in [6, 6.07) is 4.00. The van der Waals surface area contributed by atoms with Crippen molar-refractivity contribution in [3.05, 3.63) is 29.6 Å². The van der Waals surface area contributed by atoms with E-state index in [4.69, 9.17) is 10.5 Å². The summed E-state index contributed by atoms with van der Waals surface area (Å²) in [5.41, 5.74) is 5.05. The van der Waals surface area contributed by atoms with E-state index in [1.165, 1.54) is 18.2 Å². The minimum absolute atomic E-state index is 0.382. The zero-order chi connectivity index (χ0) is 14.1. The Balaban J connectivity index is 3.12. The van der Waals surface area contributed by atoms with Crippen LogP contribution >= 0.6 is 0 Å². The molecule has 0 unspecified atom stereocenters. The van der Waals surface area contributed by atoms with Crippen molar-refractivity contribution in [3.8, 4) is 0 Å². The number of ether oxygens (including phenoxy) is 1. The Labute approximate surface area is 107 Å². The normalized spacial score (nSPS) is 12.3. The van der Waals surface area contributed by atoms with Crippen LogP contribution in [0.2, 0.25) is 0 Å². The fourth-order valence-electron chi connectivity index (χ4n) is 1.59. The second-order valence-corrected chi connectivity index (χ2v) is 5.86. The van der Waals surface area contributed by atoms with Crippen molar-refractivity contribution in [2.24, 2.45) is 0 Å². The van der Waals surface area contributed by atoms with Crippen LogP contribution in [0, 0.1) is 5.82 Å². The van der Waals surface area contributed by atoms with Crippen molar-refractivity contribution in [2.75, 3.05) is 5.73 Å². The predicted molar refractivity (Wildman–Crippen MR) is 69.7 cm³/mol. The molecule has 0 aliphatic heterocycles. The van der Waals surface area contributed by atoms with Crippen LogP contribution in [0.25, 0.3) is 0 Å². The second kappa shape index (κ2) is 4.59. The molecule has 100 valence electrons. The molecule has 18 heavy (non-hydrogen) atoms. The Kier molecular flexibility index (Phi) is 3.70. The molecule has 0 bridgehead atoms. The fourth-order valence-corrected chi connectivity index (χ4v) is 1.59. The van der Waals surface area contributed by atoms with E-state index in [1.807, 2.05) is 0 Å². The number of halogens is 1. The van der Waals surface area contributed by atoms with Gasteiger partial charge >= 0.3 is 5.97 Å². The first-order chi connectivity index (χ1) is 8.04. The summed E-state index contributed by atoms with van der Waals surface area (Å²) >= 11 is 0. The zero-order valence-electron chi connectivity index (χ0n) is 11.5. The van der Waals surface area contributed by atoms with Gasteiger partial charge in [0.25, 0.3) is 0 Å². The molecule has 4 heteroatoms. The number of nitrogens with two attached hydrogens (primary N) is 1. The molecular formula is C14H20FNO2. The SMILES string of the molecule is CC(C)(C)OC(=O)C(C)(C)c1cc(F)ccc1N. The minimum Gasteiger partial charge on any atom is -0.459 e. The third-order valence-corrected chi connectivity index (χ3v) is 2.60. The Morgan fingerprint density at radius 3 is 2.28 bits per heavy atom. The van der Waals surface area contributed by atoms with Gasteiger partial charge in [-0.15, -0.1) is 0 Å². The van der Waals surface area contributed by atoms with Crippen molar-refractivity contribution in [2.45, 2.75) is 45.6 Å². The van der Waals surface area contributed by atoms with Crippen molar-refractivity contribution in [3.63, 3.8) is 0 Å². The Morgan fingerprint density at radius 1 is 1.22 bits per heavy atom. The van der Waals surface area contributed by atoms with Crippen LogP contribution in [0.1, 0.15) is 40.2 Å². The van der Waals surface area contributed by atoms with Gasteiger partial charge in [-0.3, -0.25) is 4.79 Å². The molecular weight excluding hydrogens is 233 g/mol. The number of esters is 1. The average molecular weight is 253 g/mol. The lowest BCUT2D eigenvalue weighted by Crippen LogP contribution is -2.37. The molecule has 3 nitrogen and oxygen atoms in total. The third-order valence-electron chi connectivity index (χ3n) is 2.60. The number of carbonyl (C=O) groups is 1. The van der Waals surface area contributed by atoms with Crippen LogP contribution in [0.5, 0.6) is 0 Å². The first kappa shape index (κ1) is 14.5. The number of nitrogen functional groups attached to an aromatic ring is 1. The van der Waals surface area contributed by atoms with E-state index in [2.05, 4.69) is 0 Å². The van der Waals surface area contributed by atoms with E-state index in [0.717, 1.165) is 0 Å². The first-order valence-electron chi connectivity index (χ1n) is 5.83. The lowest BCUT2D eigenvalue weighted by molar-refractivity contribution is -0.160. The van der Waals surface area contributed by atoms with Crippen LogP contribution in [0.4, 0.5) is 10.1 Å². The van der Waals surface area contributed by atoms with E-state index >= 15 is 0 Å². The molecule has 0 heterocycles. The van der Waals surface area contributed by atoms with Crippen LogP contribution in [-0.4, -0.2) is 11.6 Å². The molecule has 2 N–H and O–H groups in total. The highest BCUT2D eigenvalue weighted by atomic mass is 19.1. The second-order valence-electron chi connectivity index (χ2n) is 5.86. The van der Waals surface area contributed by atoms with Gasteiger partial charge < -0.3 is 10.5 Å².